The molecule has 0 bridgehead atoms. The average Bonchev–Trinajstić information content (AvgIpc) is 2.60. The fraction of sp³-hybridized carbons (Fsp3) is 0.278. The van der Waals surface area contributed by atoms with E-state index in [0.29, 0.717) is 18.0 Å². The number of sulfone groups is 1. The number of carbonyl (C=O) groups excluding carboxylic acids is 1. The summed E-state index contributed by atoms with van der Waals surface area (Å²) in [5.41, 5.74) is 1.03. The summed E-state index contributed by atoms with van der Waals surface area (Å²) in [5, 5.41) is 3.08. The molecule has 0 aliphatic carbocycles. The minimum Gasteiger partial charge on any atom is -0.497 e. The van der Waals surface area contributed by atoms with Crippen molar-refractivity contribution in [1.82, 2.24) is 5.32 Å². The number of carbonyl (C=O) groups is 1. The van der Waals surface area contributed by atoms with Crippen LogP contribution in [0.2, 0.25) is 5.02 Å². The number of rotatable bonds is 8. The molecule has 1 amide bonds. The number of amides is 1. The van der Waals surface area contributed by atoms with Crippen molar-refractivity contribution in [2.24, 2.45) is 0 Å². The van der Waals surface area contributed by atoms with Crippen LogP contribution in [0.1, 0.15) is 12.0 Å². The number of ether oxygens (including phenoxy) is 1. The first-order valence-corrected chi connectivity index (χ1v) is 9.82. The van der Waals surface area contributed by atoms with Crippen LogP contribution in [0.3, 0.4) is 0 Å². The summed E-state index contributed by atoms with van der Waals surface area (Å²) in [6.07, 6.45) is 0.553. The molecule has 134 valence electrons. The maximum Gasteiger partial charge on any atom is 0.221 e. The van der Waals surface area contributed by atoms with Gasteiger partial charge in [-0.05, 0) is 42.3 Å². The number of methoxy groups -OCH3 is 1. The van der Waals surface area contributed by atoms with Gasteiger partial charge in [-0.2, -0.15) is 0 Å². The van der Waals surface area contributed by atoms with E-state index in [9.17, 15) is 13.2 Å². The fourth-order valence-corrected chi connectivity index (χ4v) is 3.81. The van der Waals surface area contributed by atoms with Crippen molar-refractivity contribution in [2.75, 3.05) is 19.4 Å². The molecule has 0 radical (unpaired) electrons. The lowest BCUT2D eigenvalue weighted by atomic mass is 10.1. The molecule has 0 saturated carbocycles. The summed E-state index contributed by atoms with van der Waals surface area (Å²) in [5.74, 6) is 0.211. The van der Waals surface area contributed by atoms with Crippen molar-refractivity contribution < 1.29 is 17.9 Å². The van der Waals surface area contributed by atoms with Gasteiger partial charge >= 0.3 is 0 Å². The van der Waals surface area contributed by atoms with Crippen LogP contribution in [0.5, 0.6) is 5.75 Å². The van der Waals surface area contributed by atoms with Gasteiger partial charge in [-0.1, -0.05) is 29.8 Å². The Morgan fingerprint density at radius 3 is 2.64 bits per heavy atom. The molecule has 0 spiro atoms. The summed E-state index contributed by atoms with van der Waals surface area (Å²) in [4.78, 5) is 12.0. The second-order valence-electron chi connectivity index (χ2n) is 5.48. The molecule has 0 heterocycles. The smallest absolute Gasteiger partial charge is 0.221 e. The van der Waals surface area contributed by atoms with Crippen LogP contribution in [0, 0.1) is 0 Å². The molecule has 0 fully saturated rings. The Kier molecular flexibility index (Phi) is 6.84. The zero-order chi connectivity index (χ0) is 18.3. The first-order chi connectivity index (χ1) is 11.9. The maximum absolute atomic E-state index is 12.2. The Balaban J connectivity index is 1.80. The highest BCUT2D eigenvalue weighted by Gasteiger charge is 2.16. The van der Waals surface area contributed by atoms with Gasteiger partial charge < -0.3 is 10.1 Å². The molecule has 2 rings (SSSR count). The zero-order valence-electron chi connectivity index (χ0n) is 13.9. The predicted octanol–water partition coefficient (Wildman–Crippen LogP) is 2.87. The zero-order valence-corrected chi connectivity index (χ0v) is 15.4. The van der Waals surface area contributed by atoms with Gasteiger partial charge in [0.15, 0.2) is 9.84 Å². The van der Waals surface area contributed by atoms with Crippen LogP contribution in [-0.2, 0) is 21.1 Å². The summed E-state index contributed by atoms with van der Waals surface area (Å²) < 4.78 is 29.5. The first kappa shape index (κ1) is 19.3. The van der Waals surface area contributed by atoms with Crippen molar-refractivity contribution in [2.45, 2.75) is 17.7 Å². The van der Waals surface area contributed by atoms with Gasteiger partial charge in [0.25, 0.3) is 0 Å². The first-order valence-electron chi connectivity index (χ1n) is 7.79. The minimum absolute atomic E-state index is 0.0903. The minimum atomic E-state index is -3.53. The number of halogens is 1. The Bertz CT molecular complexity index is 836. The van der Waals surface area contributed by atoms with Crippen LogP contribution in [0.25, 0.3) is 0 Å². The molecular weight excluding hydrogens is 362 g/mol. The third kappa shape index (κ3) is 6.07. The van der Waals surface area contributed by atoms with E-state index in [1.165, 1.54) is 12.1 Å². The molecule has 0 aliphatic heterocycles. The van der Waals surface area contributed by atoms with Crippen molar-refractivity contribution in [3.63, 3.8) is 0 Å². The molecule has 0 saturated heterocycles. The van der Waals surface area contributed by atoms with Gasteiger partial charge in [-0.3, -0.25) is 4.79 Å². The Hall–Kier alpha value is -2.05. The average molecular weight is 382 g/mol. The fourth-order valence-electron chi connectivity index (χ4n) is 2.27. The number of benzene rings is 2. The van der Waals surface area contributed by atoms with Crippen molar-refractivity contribution in [3.05, 3.63) is 59.1 Å². The van der Waals surface area contributed by atoms with E-state index in [1.807, 2.05) is 24.3 Å². The largest absolute Gasteiger partial charge is 0.497 e. The van der Waals surface area contributed by atoms with Gasteiger partial charge in [0, 0.05) is 18.0 Å². The highest BCUT2D eigenvalue weighted by Crippen LogP contribution is 2.17. The molecule has 0 unspecified atom stereocenters. The Morgan fingerprint density at radius 1 is 1.16 bits per heavy atom. The molecule has 0 aliphatic rings. The summed E-state index contributed by atoms with van der Waals surface area (Å²) >= 11 is 5.81. The molecule has 2 aromatic carbocycles. The van der Waals surface area contributed by atoms with E-state index in [-0.39, 0.29) is 23.0 Å². The lowest BCUT2D eigenvalue weighted by Crippen LogP contribution is -2.27. The van der Waals surface area contributed by atoms with Crippen LogP contribution in [0.15, 0.2) is 53.4 Å². The van der Waals surface area contributed by atoms with E-state index in [0.717, 1.165) is 11.3 Å². The quantitative estimate of drug-likeness (QED) is 0.763. The lowest BCUT2D eigenvalue weighted by molar-refractivity contribution is -0.120. The number of nitrogens with one attached hydrogen (secondary N) is 1. The van der Waals surface area contributed by atoms with E-state index >= 15 is 0 Å². The van der Waals surface area contributed by atoms with Crippen molar-refractivity contribution >= 4 is 27.3 Å². The predicted molar refractivity (Wildman–Crippen MR) is 97.8 cm³/mol. The highest BCUT2D eigenvalue weighted by molar-refractivity contribution is 7.91. The molecule has 2 aromatic rings. The van der Waals surface area contributed by atoms with E-state index in [2.05, 4.69) is 5.32 Å². The third-order valence-corrected chi connectivity index (χ3v) is 5.57. The lowest BCUT2D eigenvalue weighted by Gasteiger charge is -2.08. The molecular formula is C18H20ClNO4S. The van der Waals surface area contributed by atoms with Crippen LogP contribution < -0.4 is 10.1 Å². The third-order valence-electron chi connectivity index (χ3n) is 3.62. The van der Waals surface area contributed by atoms with Crippen molar-refractivity contribution in [3.8, 4) is 5.75 Å². The normalized spacial score (nSPS) is 11.1. The Morgan fingerprint density at radius 2 is 1.92 bits per heavy atom. The molecule has 1 N–H and O–H groups in total. The van der Waals surface area contributed by atoms with Crippen LogP contribution in [0.4, 0.5) is 0 Å². The van der Waals surface area contributed by atoms with Gasteiger partial charge in [0.05, 0.1) is 17.8 Å². The van der Waals surface area contributed by atoms with Crippen molar-refractivity contribution in [1.29, 1.82) is 0 Å². The van der Waals surface area contributed by atoms with Crippen LogP contribution in [-0.4, -0.2) is 33.7 Å². The van der Waals surface area contributed by atoms with E-state index in [4.69, 9.17) is 16.3 Å². The monoisotopic (exact) mass is 381 g/mol. The SMILES string of the molecule is COc1cccc(CCNC(=O)CCS(=O)(=O)c2cccc(Cl)c2)c1. The highest BCUT2D eigenvalue weighted by atomic mass is 35.5. The Labute approximate surface area is 152 Å². The number of hydrogen-bond donors (Lipinski definition) is 1. The summed E-state index contributed by atoms with van der Waals surface area (Å²) in [7, 11) is -1.93. The van der Waals surface area contributed by atoms with Gasteiger partial charge in [0.2, 0.25) is 5.91 Å². The molecule has 25 heavy (non-hydrogen) atoms. The number of hydrogen-bond acceptors (Lipinski definition) is 4. The topological polar surface area (TPSA) is 72.5 Å². The summed E-state index contributed by atoms with van der Waals surface area (Å²) in [6.45, 7) is 0.434. The molecule has 0 aromatic heterocycles. The molecule has 5 nitrogen and oxygen atoms in total. The van der Waals surface area contributed by atoms with Gasteiger partial charge in [-0.15, -0.1) is 0 Å². The molecule has 7 heteroatoms. The van der Waals surface area contributed by atoms with E-state index < -0.39 is 9.84 Å². The standard InChI is InChI=1S/C18H20ClNO4S/c1-24-16-6-2-4-14(12-16)8-10-20-18(21)9-11-25(22,23)17-7-3-5-15(19)13-17/h2-7,12-13H,8-11H2,1H3,(H,20,21). The van der Waals surface area contributed by atoms with E-state index in [1.54, 1.807) is 19.2 Å². The summed E-state index contributed by atoms with van der Waals surface area (Å²) in [6, 6.07) is 13.6. The van der Waals surface area contributed by atoms with Crippen LogP contribution >= 0.6 is 11.6 Å². The van der Waals surface area contributed by atoms with Gasteiger partial charge in [-0.25, -0.2) is 8.42 Å². The van der Waals surface area contributed by atoms with Gasteiger partial charge in [0.1, 0.15) is 5.75 Å². The molecule has 0 atom stereocenters. The second-order valence-corrected chi connectivity index (χ2v) is 8.02. The second kappa shape index (κ2) is 8.87. The maximum atomic E-state index is 12.2.